The second kappa shape index (κ2) is 12.1. The molecule has 4 aromatic heterocycles. The van der Waals surface area contributed by atoms with Gasteiger partial charge in [-0.2, -0.15) is 15.4 Å². The molecule has 0 atom stereocenters. The number of nitrogens with one attached hydrogen (secondary N) is 1. The van der Waals surface area contributed by atoms with Gasteiger partial charge >= 0.3 is 0 Å². The van der Waals surface area contributed by atoms with Gasteiger partial charge in [0.1, 0.15) is 34.4 Å². The SMILES string of the molecule is Fc1ccc(-c2n[nH]nc2-c2ccncc2)cc1.Fc1ccc(-c2nnn(-c3ccccc3)c2-c2ccncc2)cc1. The summed E-state index contributed by atoms with van der Waals surface area (Å²) >= 11 is 0. The number of pyridine rings is 2. The number of nitrogens with zero attached hydrogens (tertiary/aromatic N) is 7. The van der Waals surface area contributed by atoms with Crippen LogP contribution in [-0.4, -0.2) is 40.4 Å². The molecule has 0 aliphatic carbocycles. The molecular formula is C32H22F2N8. The summed E-state index contributed by atoms with van der Waals surface area (Å²) in [6, 6.07) is 29.7. The van der Waals surface area contributed by atoms with Crippen molar-refractivity contribution in [2.45, 2.75) is 0 Å². The first kappa shape index (κ1) is 26.3. The highest BCUT2D eigenvalue weighted by molar-refractivity contribution is 5.79. The summed E-state index contributed by atoms with van der Waals surface area (Å²) in [5.74, 6) is -0.549. The van der Waals surface area contributed by atoms with Crippen LogP contribution in [0.25, 0.3) is 50.7 Å². The molecule has 0 fully saturated rings. The van der Waals surface area contributed by atoms with Crippen LogP contribution in [0.2, 0.25) is 0 Å². The molecule has 0 saturated heterocycles. The largest absolute Gasteiger partial charge is 0.265 e. The Morgan fingerprint density at radius 2 is 0.976 bits per heavy atom. The highest BCUT2D eigenvalue weighted by atomic mass is 19.1. The van der Waals surface area contributed by atoms with E-state index >= 15 is 0 Å². The van der Waals surface area contributed by atoms with E-state index < -0.39 is 0 Å². The normalized spacial score (nSPS) is 10.6. The fourth-order valence-corrected chi connectivity index (χ4v) is 4.35. The molecule has 8 nitrogen and oxygen atoms in total. The summed E-state index contributed by atoms with van der Waals surface area (Å²) in [5.41, 5.74) is 7.36. The van der Waals surface area contributed by atoms with E-state index in [1.165, 1.54) is 24.3 Å². The van der Waals surface area contributed by atoms with Crippen LogP contribution in [0.15, 0.2) is 128 Å². The topological polar surface area (TPSA) is 98.1 Å². The van der Waals surface area contributed by atoms with E-state index in [0.29, 0.717) is 11.4 Å². The van der Waals surface area contributed by atoms with E-state index in [0.717, 1.165) is 39.3 Å². The number of halogens is 2. The Morgan fingerprint density at radius 1 is 0.500 bits per heavy atom. The molecule has 7 aromatic rings. The van der Waals surface area contributed by atoms with Crippen molar-refractivity contribution in [3.05, 3.63) is 140 Å². The lowest BCUT2D eigenvalue weighted by Gasteiger charge is -2.08. The Morgan fingerprint density at radius 3 is 1.52 bits per heavy atom. The maximum atomic E-state index is 13.2. The third-order valence-corrected chi connectivity index (χ3v) is 6.36. The van der Waals surface area contributed by atoms with E-state index in [4.69, 9.17) is 0 Å². The highest BCUT2D eigenvalue weighted by Crippen LogP contribution is 2.32. The predicted octanol–water partition coefficient (Wildman–Crippen LogP) is 6.81. The minimum atomic E-state index is -0.278. The summed E-state index contributed by atoms with van der Waals surface area (Å²) in [6.45, 7) is 0. The fourth-order valence-electron chi connectivity index (χ4n) is 4.35. The Bertz CT molecular complexity index is 1870. The minimum Gasteiger partial charge on any atom is -0.265 e. The predicted molar refractivity (Wildman–Crippen MR) is 155 cm³/mol. The van der Waals surface area contributed by atoms with Gasteiger partial charge in [-0.05, 0) is 84.9 Å². The molecule has 3 aromatic carbocycles. The van der Waals surface area contributed by atoms with Gasteiger partial charge in [0.25, 0.3) is 0 Å². The van der Waals surface area contributed by atoms with E-state index in [9.17, 15) is 8.78 Å². The van der Waals surface area contributed by atoms with Crippen molar-refractivity contribution in [3.63, 3.8) is 0 Å². The molecular weight excluding hydrogens is 534 g/mol. The summed E-state index contributed by atoms with van der Waals surface area (Å²) in [6.07, 6.45) is 6.84. The summed E-state index contributed by atoms with van der Waals surface area (Å²) < 4.78 is 27.9. The first-order valence-electron chi connectivity index (χ1n) is 12.9. The van der Waals surface area contributed by atoms with E-state index in [1.54, 1.807) is 53.7 Å². The molecule has 0 aliphatic rings. The van der Waals surface area contributed by atoms with Crippen molar-refractivity contribution in [2.75, 3.05) is 0 Å². The van der Waals surface area contributed by atoms with Crippen molar-refractivity contribution >= 4 is 0 Å². The van der Waals surface area contributed by atoms with Crippen molar-refractivity contribution < 1.29 is 8.78 Å². The van der Waals surface area contributed by atoms with Crippen molar-refractivity contribution in [2.24, 2.45) is 0 Å². The molecule has 0 spiro atoms. The number of H-pyrrole nitrogens is 1. The molecule has 0 unspecified atom stereocenters. The molecule has 0 radical (unpaired) electrons. The number of aromatic amines is 1. The zero-order valence-corrected chi connectivity index (χ0v) is 22.0. The zero-order valence-electron chi connectivity index (χ0n) is 22.0. The van der Waals surface area contributed by atoms with Gasteiger partial charge in [-0.15, -0.1) is 5.10 Å². The van der Waals surface area contributed by atoms with Crippen LogP contribution in [0.5, 0.6) is 0 Å². The maximum Gasteiger partial charge on any atom is 0.123 e. The number of aromatic nitrogens is 8. The molecule has 42 heavy (non-hydrogen) atoms. The molecule has 4 heterocycles. The Hall–Kier alpha value is -5.90. The van der Waals surface area contributed by atoms with Crippen LogP contribution in [0.3, 0.4) is 0 Å². The van der Waals surface area contributed by atoms with Crippen molar-refractivity contribution in [1.29, 1.82) is 0 Å². The van der Waals surface area contributed by atoms with Gasteiger partial charge in [-0.25, -0.2) is 13.5 Å². The van der Waals surface area contributed by atoms with Gasteiger partial charge in [-0.3, -0.25) is 9.97 Å². The summed E-state index contributed by atoms with van der Waals surface area (Å²) in [4.78, 5) is 8.03. The van der Waals surface area contributed by atoms with Crippen LogP contribution in [-0.2, 0) is 0 Å². The lowest BCUT2D eigenvalue weighted by Crippen LogP contribution is -1.99. The number of hydrogen-bond acceptors (Lipinski definition) is 6. The molecule has 0 amide bonds. The molecule has 7 rings (SSSR count). The number of rotatable bonds is 5. The van der Waals surface area contributed by atoms with Crippen LogP contribution < -0.4 is 0 Å². The second-order valence-corrected chi connectivity index (χ2v) is 9.04. The monoisotopic (exact) mass is 556 g/mol. The fraction of sp³-hybridized carbons (Fsp3) is 0. The van der Waals surface area contributed by atoms with Gasteiger partial charge in [0, 0.05) is 47.0 Å². The van der Waals surface area contributed by atoms with E-state index in [-0.39, 0.29) is 11.6 Å². The highest BCUT2D eigenvalue weighted by Gasteiger charge is 2.18. The number of hydrogen-bond donors (Lipinski definition) is 1. The van der Waals surface area contributed by atoms with Crippen molar-refractivity contribution in [3.8, 4) is 50.7 Å². The van der Waals surface area contributed by atoms with Gasteiger partial charge in [0.15, 0.2) is 0 Å². The Kier molecular flexibility index (Phi) is 7.58. The maximum absolute atomic E-state index is 13.2. The van der Waals surface area contributed by atoms with Crippen LogP contribution in [0.4, 0.5) is 8.78 Å². The van der Waals surface area contributed by atoms with Crippen LogP contribution in [0.1, 0.15) is 0 Å². The third kappa shape index (κ3) is 5.68. The second-order valence-electron chi connectivity index (χ2n) is 9.04. The molecule has 0 aliphatic heterocycles. The van der Waals surface area contributed by atoms with E-state index in [1.807, 2.05) is 54.6 Å². The third-order valence-electron chi connectivity index (χ3n) is 6.36. The minimum absolute atomic E-state index is 0.271. The first-order valence-corrected chi connectivity index (χ1v) is 12.9. The molecule has 10 heteroatoms. The lowest BCUT2D eigenvalue weighted by atomic mass is 10.1. The van der Waals surface area contributed by atoms with Gasteiger partial charge < -0.3 is 0 Å². The standard InChI is InChI=1S/C19H13FN4.C13H9FN4/c20-16-8-6-14(7-9-16)18-19(15-10-12-21-13-11-15)24(23-22-18)17-4-2-1-3-5-17;14-11-3-1-9(2-4-11)12-13(17-18-16-12)10-5-7-15-8-6-10/h1-13H;1-8H,(H,16,17,18). The quantitative estimate of drug-likeness (QED) is 0.250. The summed E-state index contributed by atoms with van der Waals surface area (Å²) in [7, 11) is 0. The Labute approximate surface area is 239 Å². The molecule has 204 valence electrons. The van der Waals surface area contributed by atoms with Crippen LogP contribution >= 0.6 is 0 Å². The van der Waals surface area contributed by atoms with Crippen LogP contribution in [0, 0.1) is 11.6 Å². The van der Waals surface area contributed by atoms with Gasteiger partial charge in [-0.1, -0.05) is 23.4 Å². The average Bonchev–Trinajstić information content (AvgIpc) is 3.72. The van der Waals surface area contributed by atoms with Crippen molar-refractivity contribution in [1.82, 2.24) is 40.4 Å². The number of benzene rings is 3. The van der Waals surface area contributed by atoms with E-state index in [2.05, 4.69) is 35.7 Å². The van der Waals surface area contributed by atoms with Gasteiger partial charge in [0.2, 0.25) is 0 Å². The summed E-state index contributed by atoms with van der Waals surface area (Å²) in [5, 5.41) is 19.5. The average molecular weight is 557 g/mol. The zero-order chi connectivity index (χ0) is 28.7. The molecule has 0 saturated carbocycles. The first-order chi connectivity index (χ1) is 20.7. The Balaban J connectivity index is 0.000000157. The molecule has 0 bridgehead atoms. The molecule has 1 N–H and O–H groups in total. The lowest BCUT2D eigenvalue weighted by molar-refractivity contribution is 0.627. The van der Waals surface area contributed by atoms with Gasteiger partial charge in [0.05, 0.1) is 5.69 Å². The number of para-hydroxylation sites is 1. The smallest absolute Gasteiger partial charge is 0.123 e.